The van der Waals surface area contributed by atoms with E-state index in [1.54, 1.807) is 30.2 Å². The van der Waals surface area contributed by atoms with Crippen LogP contribution in [-0.4, -0.2) is 30.3 Å². The maximum Gasteiger partial charge on any atom is 0.220 e. The number of carbonyl (C=O) groups excluding carboxylic acids is 1. The molecule has 6 heteroatoms. The lowest BCUT2D eigenvalue weighted by atomic mass is 10.1. The first-order chi connectivity index (χ1) is 12.7. The van der Waals surface area contributed by atoms with Crippen molar-refractivity contribution in [3.05, 3.63) is 54.1 Å². The van der Waals surface area contributed by atoms with Gasteiger partial charge in [-0.15, -0.1) is 11.3 Å². The van der Waals surface area contributed by atoms with Crippen LogP contribution in [0.2, 0.25) is 0 Å². The Hall–Kier alpha value is -2.05. The quantitative estimate of drug-likeness (QED) is 0.433. The predicted molar refractivity (Wildman–Crippen MR) is 109 cm³/mol. The van der Waals surface area contributed by atoms with Crippen LogP contribution >= 0.6 is 23.1 Å². The number of benzene rings is 2. The van der Waals surface area contributed by atoms with Gasteiger partial charge in [-0.25, -0.2) is 4.98 Å². The highest BCUT2D eigenvalue weighted by Gasteiger charge is 2.05. The zero-order valence-corrected chi connectivity index (χ0v) is 16.4. The Kier molecular flexibility index (Phi) is 6.91. The van der Waals surface area contributed by atoms with E-state index in [0.717, 1.165) is 34.2 Å². The Bertz CT molecular complexity index is 813. The highest BCUT2D eigenvalue weighted by Crippen LogP contribution is 2.29. The lowest BCUT2D eigenvalue weighted by Gasteiger charge is -2.06. The normalized spacial score (nSPS) is 10.8. The Morgan fingerprint density at radius 1 is 1.19 bits per heavy atom. The second-order valence-electron chi connectivity index (χ2n) is 5.85. The van der Waals surface area contributed by atoms with Crippen LogP contribution in [-0.2, 0) is 11.2 Å². The number of ether oxygens (including phenoxy) is 1. The summed E-state index contributed by atoms with van der Waals surface area (Å²) in [4.78, 5) is 16.5. The highest BCUT2D eigenvalue weighted by atomic mass is 32.2. The average Bonchev–Trinajstić information content (AvgIpc) is 3.09. The van der Waals surface area contributed by atoms with Gasteiger partial charge < -0.3 is 10.1 Å². The van der Waals surface area contributed by atoms with Gasteiger partial charge in [-0.2, -0.15) is 0 Å². The molecule has 1 N–H and O–H groups in total. The second kappa shape index (κ2) is 9.59. The molecule has 0 fully saturated rings. The van der Waals surface area contributed by atoms with E-state index in [0.29, 0.717) is 13.0 Å². The molecule has 0 bridgehead atoms. The van der Waals surface area contributed by atoms with E-state index in [4.69, 9.17) is 4.74 Å². The van der Waals surface area contributed by atoms with Crippen molar-refractivity contribution < 1.29 is 9.53 Å². The van der Waals surface area contributed by atoms with Crippen molar-refractivity contribution in [1.82, 2.24) is 10.3 Å². The van der Waals surface area contributed by atoms with Gasteiger partial charge in [-0.1, -0.05) is 36.0 Å². The number of nitrogens with zero attached hydrogens (tertiary/aromatic N) is 1. The fraction of sp³-hybridized carbons (Fsp3) is 0.300. The van der Waals surface area contributed by atoms with E-state index >= 15 is 0 Å². The largest absolute Gasteiger partial charge is 0.497 e. The third-order valence-corrected chi connectivity index (χ3v) is 6.21. The van der Waals surface area contributed by atoms with Crippen LogP contribution in [0, 0.1) is 0 Å². The predicted octanol–water partition coefficient (Wildman–Crippen LogP) is 4.54. The van der Waals surface area contributed by atoms with Crippen molar-refractivity contribution in [2.24, 2.45) is 0 Å². The number of aromatic nitrogens is 1. The number of amides is 1. The number of thioether (sulfide) groups is 1. The maximum atomic E-state index is 11.9. The van der Waals surface area contributed by atoms with Gasteiger partial charge in [0.2, 0.25) is 5.91 Å². The molecule has 4 nitrogen and oxygen atoms in total. The smallest absolute Gasteiger partial charge is 0.220 e. The monoisotopic (exact) mass is 386 g/mol. The van der Waals surface area contributed by atoms with Crippen molar-refractivity contribution >= 4 is 39.2 Å². The van der Waals surface area contributed by atoms with Gasteiger partial charge in [-0.05, 0) is 42.7 Å². The molecule has 3 rings (SSSR count). The summed E-state index contributed by atoms with van der Waals surface area (Å²) in [6.45, 7) is 0.663. The molecule has 0 saturated heterocycles. The number of nitrogens with one attached hydrogen (secondary N) is 1. The lowest BCUT2D eigenvalue weighted by Crippen LogP contribution is -2.25. The van der Waals surface area contributed by atoms with Crippen LogP contribution in [0.3, 0.4) is 0 Å². The summed E-state index contributed by atoms with van der Waals surface area (Å²) in [6, 6.07) is 16.1. The molecule has 0 radical (unpaired) electrons. The molecule has 0 aliphatic carbocycles. The number of hydrogen-bond donors (Lipinski definition) is 1. The topological polar surface area (TPSA) is 51.2 Å². The molecule has 136 valence electrons. The SMILES string of the molecule is COc1ccc(CCNC(=O)CCCSc2nc3ccccc3s2)cc1. The molecular weight excluding hydrogens is 364 g/mol. The van der Waals surface area contributed by atoms with Gasteiger partial charge in [0.25, 0.3) is 0 Å². The van der Waals surface area contributed by atoms with E-state index in [2.05, 4.69) is 16.4 Å². The maximum absolute atomic E-state index is 11.9. The van der Waals surface area contributed by atoms with E-state index in [9.17, 15) is 4.79 Å². The third-order valence-electron chi connectivity index (χ3n) is 3.94. The van der Waals surface area contributed by atoms with Gasteiger partial charge in [0.1, 0.15) is 5.75 Å². The van der Waals surface area contributed by atoms with Crippen LogP contribution in [0.4, 0.5) is 0 Å². The van der Waals surface area contributed by atoms with E-state index < -0.39 is 0 Å². The number of thiazole rings is 1. The van der Waals surface area contributed by atoms with Crippen molar-refractivity contribution in [2.75, 3.05) is 19.4 Å². The Balaban J connectivity index is 1.31. The fourth-order valence-corrected chi connectivity index (χ4v) is 4.61. The Labute approximate surface area is 162 Å². The molecule has 1 amide bonds. The number of rotatable bonds is 9. The van der Waals surface area contributed by atoms with Crippen molar-refractivity contribution in [2.45, 2.75) is 23.6 Å². The zero-order chi connectivity index (χ0) is 18.2. The van der Waals surface area contributed by atoms with E-state index in [1.165, 1.54) is 10.3 Å². The molecule has 0 aliphatic heterocycles. The average molecular weight is 387 g/mol. The standard InChI is InChI=1S/C20H22N2O2S2/c1-24-16-10-8-15(9-11-16)12-13-21-19(23)7-4-14-25-20-22-17-5-2-3-6-18(17)26-20/h2-3,5-6,8-11H,4,7,12-14H2,1H3,(H,21,23). The van der Waals surface area contributed by atoms with Crippen molar-refractivity contribution in [1.29, 1.82) is 0 Å². The summed E-state index contributed by atoms with van der Waals surface area (Å²) in [5.41, 5.74) is 2.24. The molecule has 2 aromatic carbocycles. The number of hydrogen-bond acceptors (Lipinski definition) is 5. The molecule has 0 spiro atoms. The van der Waals surface area contributed by atoms with Crippen LogP contribution in [0.5, 0.6) is 5.75 Å². The minimum Gasteiger partial charge on any atom is -0.497 e. The fourth-order valence-electron chi connectivity index (χ4n) is 2.53. The number of fused-ring (bicyclic) bond motifs is 1. The van der Waals surface area contributed by atoms with Crippen molar-refractivity contribution in [3.8, 4) is 5.75 Å². The second-order valence-corrected chi connectivity index (χ2v) is 8.22. The van der Waals surface area contributed by atoms with Gasteiger partial charge >= 0.3 is 0 Å². The van der Waals surface area contributed by atoms with Crippen LogP contribution in [0.25, 0.3) is 10.2 Å². The van der Waals surface area contributed by atoms with Crippen LogP contribution < -0.4 is 10.1 Å². The first-order valence-electron chi connectivity index (χ1n) is 8.62. The summed E-state index contributed by atoms with van der Waals surface area (Å²) < 4.78 is 7.43. The number of carbonyl (C=O) groups is 1. The van der Waals surface area contributed by atoms with Crippen LogP contribution in [0.15, 0.2) is 52.9 Å². The van der Waals surface area contributed by atoms with Gasteiger partial charge in [0.05, 0.1) is 17.3 Å². The van der Waals surface area contributed by atoms with Gasteiger partial charge in [-0.3, -0.25) is 4.79 Å². The van der Waals surface area contributed by atoms with Crippen LogP contribution in [0.1, 0.15) is 18.4 Å². The minimum absolute atomic E-state index is 0.114. The van der Waals surface area contributed by atoms with E-state index in [-0.39, 0.29) is 5.91 Å². The molecule has 0 atom stereocenters. The lowest BCUT2D eigenvalue weighted by molar-refractivity contribution is -0.121. The Morgan fingerprint density at radius 2 is 2.00 bits per heavy atom. The third kappa shape index (κ3) is 5.47. The molecule has 0 aliphatic rings. The zero-order valence-electron chi connectivity index (χ0n) is 14.7. The molecule has 1 aromatic heterocycles. The summed E-state index contributed by atoms with van der Waals surface area (Å²) >= 11 is 3.44. The van der Waals surface area contributed by atoms with Crippen molar-refractivity contribution in [3.63, 3.8) is 0 Å². The van der Waals surface area contributed by atoms with Gasteiger partial charge in [0, 0.05) is 18.7 Å². The molecule has 0 unspecified atom stereocenters. The molecule has 0 saturated carbocycles. The summed E-state index contributed by atoms with van der Waals surface area (Å²) in [5, 5.41) is 2.99. The molecule has 1 heterocycles. The summed E-state index contributed by atoms with van der Waals surface area (Å²) in [7, 11) is 1.66. The first-order valence-corrected chi connectivity index (χ1v) is 10.4. The van der Waals surface area contributed by atoms with E-state index in [1.807, 2.05) is 42.5 Å². The molecule has 3 aromatic rings. The minimum atomic E-state index is 0.114. The number of methoxy groups -OCH3 is 1. The first kappa shape index (κ1) is 18.7. The molecular formula is C20H22N2O2S2. The highest BCUT2D eigenvalue weighted by molar-refractivity contribution is 8.01. The summed E-state index contributed by atoms with van der Waals surface area (Å²) in [5.74, 6) is 1.87. The number of para-hydroxylation sites is 1. The summed E-state index contributed by atoms with van der Waals surface area (Å²) in [6.07, 6.45) is 2.24. The Morgan fingerprint density at radius 3 is 2.77 bits per heavy atom. The van der Waals surface area contributed by atoms with Gasteiger partial charge in [0.15, 0.2) is 4.34 Å². The molecule has 26 heavy (non-hydrogen) atoms.